The molecule has 1 N–H and O–H groups in total. The Kier molecular flexibility index (Phi) is 4.37. The number of ether oxygens (including phenoxy) is 1. The van der Waals surface area contributed by atoms with Crippen molar-refractivity contribution in [2.45, 2.75) is 12.6 Å². The minimum atomic E-state index is 0.166. The van der Waals surface area contributed by atoms with Crippen molar-refractivity contribution in [2.75, 3.05) is 12.4 Å². The van der Waals surface area contributed by atoms with Gasteiger partial charge in [-0.15, -0.1) is 0 Å². The first-order valence-corrected chi connectivity index (χ1v) is 9.49. The fraction of sp³-hybridized carbons (Fsp3) is 0.143. The molecule has 0 amide bonds. The largest absolute Gasteiger partial charge is 0.497 e. The summed E-state index contributed by atoms with van der Waals surface area (Å²) in [4.78, 5) is 17.4. The molecule has 2 aromatic heterocycles. The van der Waals surface area contributed by atoms with E-state index in [1.807, 2.05) is 59.3 Å². The van der Waals surface area contributed by atoms with E-state index in [2.05, 4.69) is 25.3 Å². The van der Waals surface area contributed by atoms with E-state index < -0.39 is 0 Å². The Balaban J connectivity index is 1.43. The Morgan fingerprint density at radius 1 is 1.07 bits per heavy atom. The number of halogens is 1. The topological polar surface area (TPSA) is 77.2 Å². The monoisotopic (exact) mass is 404 g/mol. The summed E-state index contributed by atoms with van der Waals surface area (Å²) in [6, 6.07) is 16.2. The Labute approximate surface area is 172 Å². The Hall–Kier alpha value is -3.45. The maximum atomic E-state index is 6.20. The van der Waals surface area contributed by atoms with Gasteiger partial charge in [0.1, 0.15) is 11.8 Å². The van der Waals surface area contributed by atoms with Crippen LogP contribution in [0.15, 0.2) is 59.9 Å². The molecular weight excluding hydrogens is 388 g/mol. The zero-order valence-electron chi connectivity index (χ0n) is 15.6. The van der Waals surface area contributed by atoms with Crippen LogP contribution in [0, 0.1) is 0 Å². The molecule has 3 heterocycles. The van der Waals surface area contributed by atoms with Crippen LogP contribution in [0.5, 0.6) is 5.75 Å². The van der Waals surface area contributed by atoms with Crippen LogP contribution in [0.1, 0.15) is 17.2 Å². The molecule has 7 nitrogen and oxygen atoms in total. The third kappa shape index (κ3) is 3.64. The molecule has 0 saturated carbocycles. The molecule has 5 rings (SSSR count). The SMILES string of the molecule is COc1ccc(Cn2cnc3c(Nc4ccc(C5C=N5)cc4)nc(Cl)nc32)cc1. The molecule has 0 fully saturated rings. The first-order valence-electron chi connectivity index (χ1n) is 9.11. The van der Waals surface area contributed by atoms with Crippen molar-refractivity contribution in [2.24, 2.45) is 4.99 Å². The number of aromatic nitrogens is 4. The van der Waals surface area contributed by atoms with E-state index in [1.165, 1.54) is 5.56 Å². The Bertz CT molecular complexity index is 1190. The molecule has 0 bridgehead atoms. The molecule has 8 heteroatoms. The first kappa shape index (κ1) is 17.6. The van der Waals surface area contributed by atoms with Gasteiger partial charge in [0, 0.05) is 11.9 Å². The average Bonchev–Trinajstić information content (AvgIpc) is 3.51. The van der Waals surface area contributed by atoms with Crippen LogP contribution in [-0.4, -0.2) is 32.8 Å². The molecule has 0 aliphatic carbocycles. The van der Waals surface area contributed by atoms with Crippen LogP contribution in [0.3, 0.4) is 0 Å². The van der Waals surface area contributed by atoms with Gasteiger partial charge in [-0.3, -0.25) is 4.99 Å². The lowest BCUT2D eigenvalue weighted by atomic mass is 10.1. The van der Waals surface area contributed by atoms with Gasteiger partial charge in [-0.2, -0.15) is 9.97 Å². The minimum absolute atomic E-state index is 0.166. The van der Waals surface area contributed by atoms with Crippen molar-refractivity contribution < 1.29 is 4.74 Å². The minimum Gasteiger partial charge on any atom is -0.497 e. The van der Waals surface area contributed by atoms with Crippen molar-refractivity contribution in [3.63, 3.8) is 0 Å². The van der Waals surface area contributed by atoms with Gasteiger partial charge < -0.3 is 14.6 Å². The van der Waals surface area contributed by atoms with E-state index in [0.717, 1.165) is 17.0 Å². The fourth-order valence-corrected chi connectivity index (χ4v) is 3.33. The molecule has 29 heavy (non-hydrogen) atoms. The van der Waals surface area contributed by atoms with Crippen LogP contribution < -0.4 is 10.1 Å². The average molecular weight is 405 g/mol. The van der Waals surface area contributed by atoms with Gasteiger partial charge in [0.15, 0.2) is 17.0 Å². The molecule has 2 aromatic carbocycles. The number of hydrogen-bond acceptors (Lipinski definition) is 6. The zero-order valence-corrected chi connectivity index (χ0v) is 16.3. The van der Waals surface area contributed by atoms with Gasteiger partial charge in [-0.05, 0) is 47.0 Å². The highest BCUT2D eigenvalue weighted by atomic mass is 35.5. The quantitative estimate of drug-likeness (QED) is 0.482. The number of nitrogens with zero attached hydrogens (tertiary/aromatic N) is 5. The number of nitrogens with one attached hydrogen (secondary N) is 1. The molecule has 1 aliphatic rings. The first-order chi connectivity index (χ1) is 14.2. The zero-order chi connectivity index (χ0) is 19.8. The maximum absolute atomic E-state index is 6.20. The standard InChI is InChI=1S/C21H17ClN6O/c1-29-16-8-2-13(3-9-16)11-28-12-24-18-19(26-21(22)27-20(18)28)25-15-6-4-14(5-7-15)17-10-23-17/h2-10,12,17H,11H2,1H3,(H,25,26,27). The summed E-state index contributed by atoms with van der Waals surface area (Å²) < 4.78 is 7.16. The third-order valence-corrected chi connectivity index (χ3v) is 4.93. The number of benzene rings is 2. The second-order valence-corrected chi connectivity index (χ2v) is 7.06. The lowest BCUT2D eigenvalue weighted by molar-refractivity contribution is 0.414. The van der Waals surface area contributed by atoms with E-state index in [9.17, 15) is 0 Å². The molecule has 0 radical (unpaired) electrons. The van der Waals surface area contributed by atoms with Crippen molar-refractivity contribution in [3.8, 4) is 5.75 Å². The summed E-state index contributed by atoms with van der Waals surface area (Å²) >= 11 is 6.20. The summed E-state index contributed by atoms with van der Waals surface area (Å²) in [6.07, 6.45) is 3.67. The fourth-order valence-electron chi connectivity index (χ4n) is 3.16. The summed E-state index contributed by atoms with van der Waals surface area (Å²) in [6.45, 7) is 0.614. The van der Waals surface area contributed by atoms with E-state index in [4.69, 9.17) is 16.3 Å². The number of aliphatic imine (C=N–C) groups is 1. The van der Waals surface area contributed by atoms with Crippen LogP contribution in [0.2, 0.25) is 5.28 Å². The molecular formula is C21H17ClN6O. The van der Waals surface area contributed by atoms with Gasteiger partial charge >= 0.3 is 0 Å². The molecule has 4 aromatic rings. The molecule has 144 valence electrons. The number of rotatable bonds is 6. The highest BCUT2D eigenvalue weighted by molar-refractivity contribution is 6.28. The van der Waals surface area contributed by atoms with Gasteiger partial charge in [-0.25, -0.2) is 4.98 Å². The van der Waals surface area contributed by atoms with Crippen molar-refractivity contribution in [1.29, 1.82) is 0 Å². The summed E-state index contributed by atoms with van der Waals surface area (Å²) in [5.41, 5.74) is 4.51. The van der Waals surface area contributed by atoms with Gasteiger partial charge in [-0.1, -0.05) is 24.3 Å². The second-order valence-electron chi connectivity index (χ2n) is 6.72. The van der Waals surface area contributed by atoms with Gasteiger partial charge in [0.2, 0.25) is 5.28 Å². The Morgan fingerprint density at radius 3 is 2.52 bits per heavy atom. The van der Waals surface area contributed by atoms with Crippen LogP contribution >= 0.6 is 11.6 Å². The predicted octanol–water partition coefficient (Wildman–Crippen LogP) is 4.41. The number of anilines is 2. The number of methoxy groups -OCH3 is 1. The number of fused-ring (bicyclic) bond motifs is 1. The van der Waals surface area contributed by atoms with Crippen molar-refractivity contribution >= 4 is 40.5 Å². The van der Waals surface area contributed by atoms with Gasteiger partial charge in [0.05, 0.1) is 20.0 Å². The van der Waals surface area contributed by atoms with E-state index in [0.29, 0.717) is 23.5 Å². The van der Waals surface area contributed by atoms with E-state index in [-0.39, 0.29) is 11.3 Å². The molecule has 0 spiro atoms. The predicted molar refractivity (Wildman–Crippen MR) is 113 cm³/mol. The van der Waals surface area contributed by atoms with Crippen LogP contribution in [-0.2, 0) is 6.54 Å². The molecule has 1 aliphatic heterocycles. The summed E-state index contributed by atoms with van der Waals surface area (Å²) in [5, 5.41) is 3.46. The molecule has 1 unspecified atom stereocenters. The number of imidazole rings is 1. The molecule has 1 atom stereocenters. The van der Waals surface area contributed by atoms with Crippen LogP contribution in [0.25, 0.3) is 11.2 Å². The van der Waals surface area contributed by atoms with Crippen molar-refractivity contribution in [1.82, 2.24) is 19.5 Å². The normalized spacial score (nSPS) is 14.9. The number of hydrogen-bond donors (Lipinski definition) is 1. The summed E-state index contributed by atoms with van der Waals surface area (Å²) in [7, 11) is 1.65. The summed E-state index contributed by atoms with van der Waals surface area (Å²) in [5.74, 6) is 1.39. The highest BCUT2D eigenvalue weighted by Crippen LogP contribution is 2.28. The van der Waals surface area contributed by atoms with E-state index >= 15 is 0 Å². The highest BCUT2D eigenvalue weighted by Gasteiger charge is 2.16. The van der Waals surface area contributed by atoms with E-state index in [1.54, 1.807) is 13.4 Å². The third-order valence-electron chi connectivity index (χ3n) is 4.76. The molecule has 0 saturated heterocycles. The smallest absolute Gasteiger partial charge is 0.226 e. The maximum Gasteiger partial charge on any atom is 0.226 e. The lowest BCUT2D eigenvalue weighted by Gasteiger charge is -2.09. The second kappa shape index (κ2) is 7.18. The van der Waals surface area contributed by atoms with Gasteiger partial charge in [0.25, 0.3) is 0 Å². The Morgan fingerprint density at radius 2 is 1.83 bits per heavy atom. The lowest BCUT2D eigenvalue weighted by Crippen LogP contribution is -2.02. The van der Waals surface area contributed by atoms with Crippen LogP contribution in [0.4, 0.5) is 11.5 Å². The van der Waals surface area contributed by atoms with Crippen molar-refractivity contribution in [3.05, 3.63) is 71.3 Å².